The molecule has 6 heteroatoms. The van der Waals surface area contributed by atoms with Crippen LogP contribution in [0.4, 0.5) is 0 Å². The molecule has 0 spiro atoms. The first-order chi connectivity index (χ1) is 10.1. The molecule has 0 saturated carbocycles. The average Bonchev–Trinajstić information content (AvgIpc) is 3.03. The number of carboxylic acid groups (broad SMARTS) is 1. The molecule has 0 unspecified atom stereocenters. The van der Waals surface area contributed by atoms with Gasteiger partial charge >= 0.3 is 5.97 Å². The Balaban J connectivity index is 1.96. The largest absolute Gasteiger partial charge is 0.478 e. The van der Waals surface area contributed by atoms with Crippen LogP contribution >= 0.6 is 22.9 Å². The Kier molecular flexibility index (Phi) is 3.72. The van der Waals surface area contributed by atoms with E-state index in [2.05, 4.69) is 0 Å². The van der Waals surface area contributed by atoms with Crippen molar-refractivity contribution in [1.29, 1.82) is 0 Å². The first-order valence-electron chi connectivity index (χ1n) is 6.21. The summed E-state index contributed by atoms with van der Waals surface area (Å²) in [4.78, 5) is 23.9. The van der Waals surface area contributed by atoms with Crippen LogP contribution in [0.1, 0.15) is 10.4 Å². The van der Waals surface area contributed by atoms with Gasteiger partial charge in [-0.2, -0.15) is 0 Å². The highest BCUT2D eigenvalue weighted by Gasteiger charge is 2.09. The number of thiophene rings is 1. The van der Waals surface area contributed by atoms with Crippen LogP contribution in [0.3, 0.4) is 0 Å². The van der Waals surface area contributed by atoms with Gasteiger partial charge in [-0.05, 0) is 35.2 Å². The zero-order valence-electron chi connectivity index (χ0n) is 10.9. The van der Waals surface area contributed by atoms with E-state index < -0.39 is 5.97 Å². The fraction of sp³-hybridized carbons (Fsp3) is 0.0667. The van der Waals surface area contributed by atoms with Gasteiger partial charge in [-0.3, -0.25) is 8.75 Å². The van der Waals surface area contributed by atoms with Crippen LogP contribution in [0.25, 0.3) is 16.2 Å². The number of benzene rings is 1. The van der Waals surface area contributed by atoms with E-state index in [4.69, 9.17) is 5.11 Å². The maximum absolute atomic E-state index is 12.3. The second-order valence-corrected chi connectivity index (χ2v) is 6.46. The zero-order valence-corrected chi connectivity index (χ0v) is 12.5. The minimum atomic E-state index is -0.980. The van der Waals surface area contributed by atoms with Crippen LogP contribution in [0.15, 0.2) is 46.6 Å². The quantitative estimate of drug-likeness (QED) is 0.751. The standard InChI is InChI=1S/C15H11NO3S2/c17-14(18)6-5-10-7-8-20-13(10)9-16-15(19)11-3-1-2-4-12(11)21-16/h1-8H,9H2,(H,17,18)/b6-5+. The van der Waals surface area contributed by atoms with Gasteiger partial charge < -0.3 is 5.11 Å². The molecule has 0 aliphatic heterocycles. The molecule has 1 aromatic carbocycles. The predicted molar refractivity (Wildman–Crippen MR) is 86.2 cm³/mol. The monoisotopic (exact) mass is 317 g/mol. The Morgan fingerprint density at radius 2 is 2.10 bits per heavy atom. The van der Waals surface area contributed by atoms with Crippen molar-refractivity contribution >= 4 is 45.0 Å². The summed E-state index contributed by atoms with van der Waals surface area (Å²) >= 11 is 2.94. The van der Waals surface area contributed by atoms with Gasteiger partial charge in [0.2, 0.25) is 0 Å². The molecular weight excluding hydrogens is 306 g/mol. The molecule has 3 aromatic rings. The van der Waals surface area contributed by atoms with Gasteiger partial charge in [0.05, 0.1) is 16.6 Å². The van der Waals surface area contributed by atoms with Gasteiger partial charge in [-0.25, -0.2) is 4.79 Å². The zero-order chi connectivity index (χ0) is 14.8. The second-order valence-electron chi connectivity index (χ2n) is 4.40. The van der Waals surface area contributed by atoms with Crippen LogP contribution in [-0.2, 0) is 11.3 Å². The van der Waals surface area contributed by atoms with Crippen molar-refractivity contribution in [3.05, 3.63) is 62.6 Å². The Morgan fingerprint density at radius 1 is 1.29 bits per heavy atom. The van der Waals surface area contributed by atoms with E-state index >= 15 is 0 Å². The van der Waals surface area contributed by atoms with Crippen LogP contribution in [0, 0.1) is 0 Å². The van der Waals surface area contributed by atoms with E-state index in [1.807, 2.05) is 35.7 Å². The number of rotatable bonds is 4. The molecule has 0 aliphatic rings. The molecule has 0 saturated heterocycles. The number of hydrogen-bond acceptors (Lipinski definition) is 4. The normalized spacial score (nSPS) is 11.4. The van der Waals surface area contributed by atoms with E-state index in [1.54, 1.807) is 10.0 Å². The molecule has 0 radical (unpaired) electrons. The summed E-state index contributed by atoms with van der Waals surface area (Å²) in [5.74, 6) is -0.980. The molecule has 0 amide bonds. The van der Waals surface area contributed by atoms with Gasteiger partial charge in [-0.15, -0.1) is 11.3 Å². The summed E-state index contributed by atoms with van der Waals surface area (Å²) in [7, 11) is 0. The van der Waals surface area contributed by atoms with E-state index in [0.717, 1.165) is 26.6 Å². The molecule has 0 atom stereocenters. The van der Waals surface area contributed by atoms with Crippen molar-refractivity contribution in [1.82, 2.24) is 3.96 Å². The van der Waals surface area contributed by atoms with Crippen LogP contribution < -0.4 is 5.56 Å². The summed E-state index contributed by atoms with van der Waals surface area (Å²) < 4.78 is 2.66. The van der Waals surface area contributed by atoms with Gasteiger partial charge in [0.25, 0.3) is 5.56 Å². The van der Waals surface area contributed by atoms with Crippen molar-refractivity contribution in [3.63, 3.8) is 0 Å². The topological polar surface area (TPSA) is 59.3 Å². The highest BCUT2D eigenvalue weighted by atomic mass is 32.1. The Labute approximate surface area is 128 Å². The van der Waals surface area contributed by atoms with Crippen molar-refractivity contribution in [2.75, 3.05) is 0 Å². The van der Waals surface area contributed by atoms with Gasteiger partial charge in [0.1, 0.15) is 0 Å². The lowest BCUT2D eigenvalue weighted by molar-refractivity contribution is -0.131. The van der Waals surface area contributed by atoms with Crippen LogP contribution in [-0.4, -0.2) is 15.0 Å². The maximum Gasteiger partial charge on any atom is 0.328 e. The molecule has 0 aliphatic carbocycles. The van der Waals surface area contributed by atoms with Crippen molar-refractivity contribution in [2.45, 2.75) is 6.54 Å². The SMILES string of the molecule is O=C(O)/C=C/c1ccsc1Cn1sc2ccccc2c1=O. The molecule has 2 aromatic heterocycles. The highest BCUT2D eigenvalue weighted by Crippen LogP contribution is 2.22. The second kappa shape index (κ2) is 5.67. The average molecular weight is 317 g/mol. The van der Waals surface area contributed by atoms with E-state index in [9.17, 15) is 9.59 Å². The summed E-state index contributed by atoms with van der Waals surface area (Å²) in [5, 5.41) is 11.3. The molecule has 21 heavy (non-hydrogen) atoms. The molecule has 1 N–H and O–H groups in total. The smallest absolute Gasteiger partial charge is 0.328 e. The summed E-state index contributed by atoms with van der Waals surface area (Å²) in [6, 6.07) is 9.38. The Bertz CT molecular complexity index is 886. The Hall–Kier alpha value is -2.18. The predicted octanol–water partition coefficient (Wildman–Crippen LogP) is 3.27. The first kappa shape index (κ1) is 13.8. The van der Waals surface area contributed by atoms with Crippen LogP contribution in [0.2, 0.25) is 0 Å². The molecule has 0 bridgehead atoms. The van der Waals surface area contributed by atoms with E-state index in [0.29, 0.717) is 6.54 Å². The number of aromatic nitrogens is 1. The molecule has 4 nitrogen and oxygen atoms in total. The third-order valence-corrected chi connectivity index (χ3v) is 5.01. The lowest BCUT2D eigenvalue weighted by atomic mass is 10.2. The van der Waals surface area contributed by atoms with Gasteiger partial charge in [0.15, 0.2) is 0 Å². The molecular formula is C15H11NO3S2. The van der Waals surface area contributed by atoms with Crippen LogP contribution in [0.5, 0.6) is 0 Å². The van der Waals surface area contributed by atoms with Gasteiger partial charge in [-0.1, -0.05) is 23.7 Å². The van der Waals surface area contributed by atoms with Gasteiger partial charge in [0, 0.05) is 11.0 Å². The molecule has 3 rings (SSSR count). The molecule has 0 fully saturated rings. The van der Waals surface area contributed by atoms with Crippen molar-refractivity contribution in [2.24, 2.45) is 0 Å². The molecule has 106 valence electrons. The lowest BCUT2D eigenvalue weighted by Crippen LogP contribution is -2.13. The number of nitrogens with zero attached hydrogens (tertiary/aromatic N) is 1. The number of carbonyl (C=O) groups is 1. The highest BCUT2D eigenvalue weighted by molar-refractivity contribution is 7.14. The molecule has 2 heterocycles. The fourth-order valence-corrected chi connectivity index (χ4v) is 3.98. The summed E-state index contributed by atoms with van der Waals surface area (Å²) in [6.45, 7) is 0.467. The number of fused-ring (bicyclic) bond motifs is 1. The van der Waals surface area contributed by atoms with Crippen molar-refractivity contribution in [3.8, 4) is 0 Å². The van der Waals surface area contributed by atoms with E-state index in [1.165, 1.54) is 22.9 Å². The first-order valence-corrected chi connectivity index (χ1v) is 7.86. The summed E-state index contributed by atoms with van der Waals surface area (Å²) in [5.41, 5.74) is 0.837. The third-order valence-electron chi connectivity index (χ3n) is 3.03. The Morgan fingerprint density at radius 3 is 2.86 bits per heavy atom. The van der Waals surface area contributed by atoms with Crippen molar-refractivity contribution < 1.29 is 9.90 Å². The minimum Gasteiger partial charge on any atom is -0.478 e. The number of hydrogen-bond donors (Lipinski definition) is 1. The number of aliphatic carboxylic acids is 1. The third kappa shape index (κ3) is 2.81. The fourth-order valence-electron chi connectivity index (χ4n) is 2.04. The maximum atomic E-state index is 12.3. The minimum absolute atomic E-state index is 0.00263. The lowest BCUT2D eigenvalue weighted by Gasteiger charge is -1.99. The number of carboxylic acids is 1. The summed E-state index contributed by atoms with van der Waals surface area (Å²) in [6.07, 6.45) is 2.67. The van der Waals surface area contributed by atoms with E-state index in [-0.39, 0.29) is 5.56 Å².